The predicted octanol–water partition coefficient (Wildman–Crippen LogP) is 3.53. The lowest BCUT2D eigenvalue weighted by atomic mass is 9.92. The molecule has 7 nitrogen and oxygen atoms in total. The van der Waals surface area contributed by atoms with Gasteiger partial charge in [0.1, 0.15) is 11.3 Å². The summed E-state index contributed by atoms with van der Waals surface area (Å²) in [6.07, 6.45) is 0. The second-order valence-electron chi connectivity index (χ2n) is 7.38. The first-order chi connectivity index (χ1) is 13.6. The van der Waals surface area contributed by atoms with Crippen molar-refractivity contribution in [3.05, 3.63) is 58.7 Å². The number of aromatic hydroxyl groups is 1. The molecule has 29 heavy (non-hydrogen) atoms. The highest BCUT2D eigenvalue weighted by Gasteiger charge is 2.21. The van der Waals surface area contributed by atoms with E-state index in [1.54, 1.807) is 6.07 Å². The van der Waals surface area contributed by atoms with Crippen molar-refractivity contribution in [2.45, 2.75) is 39.5 Å². The molecule has 0 unspecified atom stereocenters. The number of carbonyl (C=O) groups excluding carboxylic acids is 3. The van der Waals surface area contributed by atoms with Crippen LogP contribution in [-0.4, -0.2) is 29.5 Å². The minimum absolute atomic E-state index is 0.0203. The molecule has 0 aromatic heterocycles. The summed E-state index contributed by atoms with van der Waals surface area (Å²) in [5.41, 5.74) is 7.51. The van der Waals surface area contributed by atoms with Crippen molar-refractivity contribution in [1.82, 2.24) is 0 Å². The first-order valence-corrected chi connectivity index (χ1v) is 9.33. The van der Waals surface area contributed by atoms with Gasteiger partial charge in [0.2, 0.25) is 5.91 Å². The first-order valence-electron chi connectivity index (χ1n) is 9.33. The van der Waals surface area contributed by atoms with Crippen molar-refractivity contribution >= 4 is 23.5 Å². The van der Waals surface area contributed by atoms with E-state index < -0.39 is 24.4 Å². The summed E-state index contributed by atoms with van der Waals surface area (Å²) in [4.78, 5) is 35.6. The van der Waals surface area contributed by atoms with Gasteiger partial charge in [0.05, 0.1) is 0 Å². The van der Waals surface area contributed by atoms with Gasteiger partial charge in [-0.15, -0.1) is 0 Å². The summed E-state index contributed by atoms with van der Waals surface area (Å²) >= 11 is 0. The molecular formula is C22H26N2O5. The number of primary amides is 1. The van der Waals surface area contributed by atoms with Gasteiger partial charge in [0.15, 0.2) is 6.61 Å². The summed E-state index contributed by atoms with van der Waals surface area (Å²) in [5, 5.41) is 13.0. The van der Waals surface area contributed by atoms with Crippen LogP contribution in [0.15, 0.2) is 36.4 Å². The fourth-order valence-electron chi connectivity index (χ4n) is 2.73. The molecule has 0 fully saturated rings. The molecule has 0 spiro atoms. The Morgan fingerprint density at radius 3 is 2.17 bits per heavy atom. The molecule has 0 radical (unpaired) electrons. The molecule has 0 saturated carbocycles. The minimum Gasteiger partial charge on any atom is -0.507 e. The smallest absolute Gasteiger partial charge is 0.342 e. The molecule has 0 atom stereocenters. The van der Waals surface area contributed by atoms with Gasteiger partial charge in [-0.1, -0.05) is 33.8 Å². The highest BCUT2D eigenvalue weighted by molar-refractivity contribution is 5.98. The Labute approximate surface area is 169 Å². The number of carbonyl (C=O) groups is 3. The maximum Gasteiger partial charge on any atom is 0.342 e. The number of benzene rings is 2. The Morgan fingerprint density at radius 2 is 1.66 bits per heavy atom. The second kappa shape index (κ2) is 9.23. The minimum atomic E-state index is -0.772. The Morgan fingerprint density at radius 1 is 1.03 bits per heavy atom. The molecule has 0 bridgehead atoms. The average Bonchev–Trinajstić information content (AvgIpc) is 2.66. The zero-order chi connectivity index (χ0) is 21.7. The maximum absolute atomic E-state index is 12.5. The SMILES string of the molecule is CC(C)c1cc(C(=O)OCC(=O)Nc2ccc(C(N)=O)cc2)c(O)c(C(C)C)c1. The summed E-state index contributed by atoms with van der Waals surface area (Å²) in [5.74, 6) is -1.84. The van der Waals surface area contributed by atoms with Crippen LogP contribution in [0.2, 0.25) is 0 Å². The van der Waals surface area contributed by atoms with Crippen LogP contribution in [0.25, 0.3) is 0 Å². The molecule has 0 aliphatic heterocycles. The van der Waals surface area contributed by atoms with Crippen molar-refractivity contribution in [2.24, 2.45) is 5.73 Å². The highest BCUT2D eigenvalue weighted by Crippen LogP contribution is 2.33. The number of ether oxygens (including phenoxy) is 1. The summed E-state index contributed by atoms with van der Waals surface area (Å²) in [6.45, 7) is 7.31. The third-order valence-corrected chi connectivity index (χ3v) is 4.46. The third kappa shape index (κ3) is 5.57. The monoisotopic (exact) mass is 398 g/mol. The molecule has 0 aliphatic carbocycles. The number of hydrogen-bond acceptors (Lipinski definition) is 5. The molecule has 2 rings (SSSR count). The van der Waals surface area contributed by atoms with E-state index in [2.05, 4.69) is 5.32 Å². The second-order valence-corrected chi connectivity index (χ2v) is 7.38. The number of phenolic OH excluding ortho intramolecular Hbond substituents is 1. The normalized spacial score (nSPS) is 10.8. The van der Waals surface area contributed by atoms with E-state index in [-0.39, 0.29) is 23.1 Å². The molecule has 7 heteroatoms. The van der Waals surface area contributed by atoms with Crippen molar-refractivity contribution in [3.8, 4) is 5.75 Å². The molecule has 154 valence electrons. The molecule has 2 aromatic rings. The number of phenols is 1. The summed E-state index contributed by atoms with van der Waals surface area (Å²) in [6, 6.07) is 9.47. The number of hydrogen-bond donors (Lipinski definition) is 3. The summed E-state index contributed by atoms with van der Waals surface area (Å²) in [7, 11) is 0. The molecule has 0 saturated heterocycles. The van der Waals surface area contributed by atoms with Crippen LogP contribution in [0.4, 0.5) is 5.69 Å². The van der Waals surface area contributed by atoms with E-state index >= 15 is 0 Å². The van der Waals surface area contributed by atoms with Crippen LogP contribution in [0.3, 0.4) is 0 Å². The van der Waals surface area contributed by atoms with Crippen LogP contribution < -0.4 is 11.1 Å². The lowest BCUT2D eigenvalue weighted by Crippen LogP contribution is -2.21. The van der Waals surface area contributed by atoms with E-state index in [1.807, 2.05) is 33.8 Å². The zero-order valence-electron chi connectivity index (χ0n) is 17.0. The number of nitrogens with two attached hydrogens (primary N) is 1. The summed E-state index contributed by atoms with van der Waals surface area (Å²) < 4.78 is 5.09. The van der Waals surface area contributed by atoms with Crippen molar-refractivity contribution < 1.29 is 24.2 Å². The number of nitrogens with one attached hydrogen (secondary N) is 1. The van der Waals surface area contributed by atoms with E-state index in [4.69, 9.17) is 10.5 Å². The number of rotatable bonds is 7. The van der Waals surface area contributed by atoms with Gasteiger partial charge < -0.3 is 20.9 Å². The quantitative estimate of drug-likeness (QED) is 0.617. The Bertz CT molecular complexity index is 918. The van der Waals surface area contributed by atoms with Gasteiger partial charge in [-0.2, -0.15) is 0 Å². The zero-order valence-corrected chi connectivity index (χ0v) is 17.0. The van der Waals surface area contributed by atoms with E-state index in [9.17, 15) is 19.5 Å². The molecule has 4 N–H and O–H groups in total. The largest absolute Gasteiger partial charge is 0.507 e. The molecule has 2 amide bonds. The lowest BCUT2D eigenvalue weighted by Gasteiger charge is -2.16. The van der Waals surface area contributed by atoms with Crippen LogP contribution in [0, 0.1) is 0 Å². The highest BCUT2D eigenvalue weighted by atomic mass is 16.5. The van der Waals surface area contributed by atoms with Crippen LogP contribution in [-0.2, 0) is 9.53 Å². The van der Waals surface area contributed by atoms with E-state index in [0.29, 0.717) is 16.8 Å². The Balaban J connectivity index is 2.08. The number of anilines is 1. The fourth-order valence-corrected chi connectivity index (χ4v) is 2.73. The van der Waals surface area contributed by atoms with Crippen LogP contribution in [0.5, 0.6) is 5.75 Å². The molecule has 0 aliphatic rings. The van der Waals surface area contributed by atoms with E-state index in [0.717, 1.165) is 5.56 Å². The van der Waals surface area contributed by atoms with Crippen LogP contribution >= 0.6 is 0 Å². The average molecular weight is 398 g/mol. The Hall–Kier alpha value is -3.35. The van der Waals surface area contributed by atoms with Gasteiger partial charge in [-0.3, -0.25) is 9.59 Å². The molecule has 2 aromatic carbocycles. The van der Waals surface area contributed by atoms with Gasteiger partial charge >= 0.3 is 5.97 Å². The van der Waals surface area contributed by atoms with Crippen LogP contribution in [0.1, 0.15) is 71.4 Å². The molecule has 0 heterocycles. The first kappa shape index (κ1) is 21.9. The standard InChI is InChI=1S/C22H26N2O5/c1-12(2)15-9-17(13(3)4)20(26)18(10-15)22(28)29-11-19(25)24-16-7-5-14(6-8-16)21(23)27/h5-10,12-13,26H,11H2,1-4H3,(H2,23,27)(H,24,25). The number of esters is 1. The van der Waals surface area contributed by atoms with Crippen molar-refractivity contribution in [2.75, 3.05) is 11.9 Å². The predicted molar refractivity (Wildman–Crippen MR) is 110 cm³/mol. The van der Waals surface area contributed by atoms with Gasteiger partial charge in [-0.25, -0.2) is 4.79 Å². The van der Waals surface area contributed by atoms with Gasteiger partial charge in [-0.05, 0) is 53.3 Å². The molecular weight excluding hydrogens is 372 g/mol. The van der Waals surface area contributed by atoms with Gasteiger partial charge in [0.25, 0.3) is 5.91 Å². The van der Waals surface area contributed by atoms with Crippen molar-refractivity contribution in [3.63, 3.8) is 0 Å². The number of amides is 2. The fraction of sp³-hybridized carbons (Fsp3) is 0.318. The van der Waals surface area contributed by atoms with Gasteiger partial charge in [0, 0.05) is 11.3 Å². The maximum atomic E-state index is 12.5. The topological polar surface area (TPSA) is 119 Å². The van der Waals surface area contributed by atoms with E-state index in [1.165, 1.54) is 24.3 Å². The van der Waals surface area contributed by atoms with Crippen molar-refractivity contribution in [1.29, 1.82) is 0 Å². The Kier molecular flexibility index (Phi) is 6.98. The lowest BCUT2D eigenvalue weighted by molar-refractivity contribution is -0.119. The third-order valence-electron chi connectivity index (χ3n) is 4.46.